The molecule has 0 aliphatic rings. The highest BCUT2D eigenvalue weighted by atomic mass is 15.0. The van der Waals surface area contributed by atoms with Crippen LogP contribution >= 0.6 is 0 Å². The Morgan fingerprint density at radius 2 is 1.28 bits per heavy atom. The third-order valence-corrected chi connectivity index (χ3v) is 4.94. The van der Waals surface area contributed by atoms with Crippen molar-refractivity contribution in [1.29, 1.82) is 0 Å². The second kappa shape index (κ2) is 7.96. The van der Waals surface area contributed by atoms with Gasteiger partial charge in [0.2, 0.25) is 0 Å². The average Bonchev–Trinajstić information content (AvgIpc) is 2.96. The summed E-state index contributed by atoms with van der Waals surface area (Å²) in [5, 5.41) is 2.51. The van der Waals surface area contributed by atoms with Gasteiger partial charge in [0.25, 0.3) is 0 Å². The Bertz CT molecular complexity index is 888. The van der Waals surface area contributed by atoms with Gasteiger partial charge < -0.3 is 4.57 Å². The van der Waals surface area contributed by atoms with Crippen molar-refractivity contribution in [2.45, 2.75) is 52.0 Å². The number of hydrogen-bond acceptors (Lipinski definition) is 0. The summed E-state index contributed by atoms with van der Waals surface area (Å²) in [6.45, 7) is 3.26. The lowest BCUT2D eigenvalue weighted by Gasteiger charge is -2.08. The first-order valence-electron chi connectivity index (χ1n) is 9.27. The van der Waals surface area contributed by atoms with Gasteiger partial charge in [-0.3, -0.25) is 0 Å². The third-order valence-electron chi connectivity index (χ3n) is 4.94. The van der Waals surface area contributed by atoms with Crippen LogP contribution in [0.2, 0.25) is 0 Å². The van der Waals surface area contributed by atoms with Gasteiger partial charge in [0.15, 0.2) is 0 Å². The summed E-state index contributed by atoms with van der Waals surface area (Å²) in [7, 11) is 0. The summed E-state index contributed by atoms with van der Waals surface area (Å²) in [5.74, 6) is 5.52. The van der Waals surface area contributed by atoms with Crippen molar-refractivity contribution < 1.29 is 0 Å². The molecular weight excluding hydrogens is 302 g/mol. The maximum absolute atomic E-state index is 5.61. The van der Waals surface area contributed by atoms with Crippen LogP contribution in [0.15, 0.2) is 36.4 Å². The number of fused-ring (bicyclic) bond motifs is 3. The molecule has 3 rings (SSSR count). The van der Waals surface area contributed by atoms with Gasteiger partial charge in [-0.05, 0) is 30.7 Å². The van der Waals surface area contributed by atoms with Crippen LogP contribution in [-0.2, 0) is 6.54 Å². The molecule has 1 aromatic heterocycles. The molecular formula is C24H25N. The van der Waals surface area contributed by atoms with Crippen molar-refractivity contribution in [1.82, 2.24) is 4.57 Å². The van der Waals surface area contributed by atoms with Gasteiger partial charge >= 0.3 is 0 Å². The van der Waals surface area contributed by atoms with Crippen LogP contribution in [-0.4, -0.2) is 4.57 Å². The molecule has 0 fully saturated rings. The zero-order valence-corrected chi connectivity index (χ0v) is 15.0. The van der Waals surface area contributed by atoms with Gasteiger partial charge in [0.05, 0.1) is 11.0 Å². The van der Waals surface area contributed by atoms with Gasteiger partial charge in [0, 0.05) is 28.4 Å². The van der Waals surface area contributed by atoms with E-state index in [0.29, 0.717) is 0 Å². The molecule has 0 atom stereocenters. The number of hydrogen-bond donors (Lipinski definition) is 0. The lowest BCUT2D eigenvalue weighted by molar-refractivity contribution is 0.571. The lowest BCUT2D eigenvalue weighted by atomic mass is 10.1. The fourth-order valence-electron chi connectivity index (χ4n) is 3.57. The molecule has 1 nitrogen and oxygen atoms in total. The van der Waals surface area contributed by atoms with Crippen molar-refractivity contribution in [3.8, 4) is 24.7 Å². The molecule has 1 heteroatoms. The maximum Gasteiger partial charge on any atom is 0.0503 e. The summed E-state index contributed by atoms with van der Waals surface area (Å²) in [6, 6.07) is 12.6. The molecule has 25 heavy (non-hydrogen) atoms. The lowest BCUT2D eigenvalue weighted by Crippen LogP contribution is -1.98. The first-order chi connectivity index (χ1) is 12.3. The minimum atomic E-state index is 0.927. The number of benzene rings is 2. The summed E-state index contributed by atoms with van der Waals surface area (Å²) in [4.78, 5) is 0. The number of rotatable bonds is 7. The van der Waals surface area contributed by atoms with Crippen molar-refractivity contribution in [2.24, 2.45) is 0 Å². The van der Waals surface area contributed by atoms with Crippen molar-refractivity contribution in [3.63, 3.8) is 0 Å². The Morgan fingerprint density at radius 1 is 0.760 bits per heavy atom. The van der Waals surface area contributed by atoms with E-state index in [1.165, 1.54) is 60.3 Å². The topological polar surface area (TPSA) is 4.93 Å². The average molecular weight is 327 g/mol. The highest BCUT2D eigenvalue weighted by Gasteiger charge is 2.11. The Balaban J connectivity index is 1.97. The second-order valence-corrected chi connectivity index (χ2v) is 6.67. The van der Waals surface area contributed by atoms with E-state index in [1.807, 2.05) is 12.1 Å². The molecule has 0 aliphatic heterocycles. The molecule has 0 saturated carbocycles. The number of aryl methyl sites for hydroxylation is 1. The fraction of sp³-hybridized carbons (Fsp3) is 0.333. The minimum Gasteiger partial charge on any atom is -0.340 e. The van der Waals surface area contributed by atoms with E-state index >= 15 is 0 Å². The third kappa shape index (κ3) is 3.57. The predicted molar refractivity (Wildman–Crippen MR) is 109 cm³/mol. The van der Waals surface area contributed by atoms with Crippen molar-refractivity contribution in [2.75, 3.05) is 0 Å². The van der Waals surface area contributed by atoms with Crippen LogP contribution in [0.3, 0.4) is 0 Å². The molecule has 126 valence electrons. The van der Waals surface area contributed by atoms with Gasteiger partial charge in [-0.2, -0.15) is 0 Å². The second-order valence-electron chi connectivity index (χ2n) is 6.67. The standard InChI is InChI=1S/C24H25N/c1-4-7-8-9-10-11-16-25-23-17-19(5-2)12-14-21(23)22-15-13-20(6-3)18-24(22)25/h2-3,12-15,17-18H,4,7-11,16H2,1H3. The summed E-state index contributed by atoms with van der Waals surface area (Å²) < 4.78 is 2.40. The number of aromatic nitrogens is 1. The zero-order chi connectivity index (χ0) is 17.6. The summed E-state index contributed by atoms with van der Waals surface area (Å²) in [6.07, 6.45) is 19.0. The molecule has 0 spiro atoms. The van der Waals surface area contributed by atoms with E-state index in [4.69, 9.17) is 12.8 Å². The molecule has 0 amide bonds. The molecule has 0 N–H and O–H groups in total. The minimum absolute atomic E-state index is 0.927. The first-order valence-corrected chi connectivity index (χ1v) is 9.27. The molecule has 2 aromatic carbocycles. The quantitative estimate of drug-likeness (QED) is 0.364. The number of nitrogens with zero attached hydrogens (tertiary/aromatic N) is 1. The van der Waals surface area contributed by atoms with Gasteiger partial charge in [-0.1, -0.05) is 63.0 Å². The van der Waals surface area contributed by atoms with E-state index in [0.717, 1.165) is 17.7 Å². The Labute approximate surface area is 151 Å². The van der Waals surface area contributed by atoms with Gasteiger partial charge in [0.1, 0.15) is 0 Å². The monoisotopic (exact) mass is 327 g/mol. The molecule has 0 bridgehead atoms. The molecule has 0 aliphatic carbocycles. The molecule has 0 radical (unpaired) electrons. The highest BCUT2D eigenvalue weighted by Crippen LogP contribution is 2.31. The van der Waals surface area contributed by atoms with Gasteiger partial charge in [-0.15, -0.1) is 12.8 Å². The van der Waals surface area contributed by atoms with Crippen molar-refractivity contribution in [3.05, 3.63) is 47.5 Å². The number of terminal acetylenes is 2. The van der Waals surface area contributed by atoms with E-state index in [9.17, 15) is 0 Å². The Kier molecular flexibility index (Phi) is 5.47. The Morgan fingerprint density at radius 3 is 1.80 bits per heavy atom. The molecule has 3 aromatic rings. The van der Waals surface area contributed by atoms with Crippen LogP contribution in [0.25, 0.3) is 21.8 Å². The number of unbranched alkanes of at least 4 members (excludes halogenated alkanes) is 5. The first kappa shape index (κ1) is 17.2. The summed E-state index contributed by atoms with van der Waals surface area (Å²) >= 11 is 0. The molecule has 0 unspecified atom stereocenters. The Hall–Kier alpha value is -2.64. The van der Waals surface area contributed by atoms with E-state index in [-0.39, 0.29) is 0 Å². The van der Waals surface area contributed by atoms with Crippen LogP contribution in [0.1, 0.15) is 56.6 Å². The van der Waals surface area contributed by atoms with Crippen LogP contribution < -0.4 is 0 Å². The predicted octanol–water partition coefficient (Wildman–Crippen LogP) is 6.12. The molecule has 0 saturated heterocycles. The zero-order valence-electron chi connectivity index (χ0n) is 15.0. The van der Waals surface area contributed by atoms with Crippen LogP contribution in [0, 0.1) is 24.7 Å². The smallest absolute Gasteiger partial charge is 0.0503 e. The van der Waals surface area contributed by atoms with Crippen LogP contribution in [0.4, 0.5) is 0 Å². The normalized spacial score (nSPS) is 10.8. The largest absolute Gasteiger partial charge is 0.340 e. The van der Waals surface area contributed by atoms with E-state index in [1.54, 1.807) is 0 Å². The SMILES string of the molecule is C#Cc1ccc2c3ccc(C#C)cc3n(CCCCCCCC)c2c1. The fourth-order valence-corrected chi connectivity index (χ4v) is 3.57. The van der Waals surface area contributed by atoms with Crippen molar-refractivity contribution >= 4 is 21.8 Å². The highest BCUT2D eigenvalue weighted by molar-refractivity contribution is 6.08. The van der Waals surface area contributed by atoms with Crippen LogP contribution in [0.5, 0.6) is 0 Å². The maximum atomic E-state index is 5.61. The van der Waals surface area contributed by atoms with E-state index < -0.39 is 0 Å². The molecule has 1 heterocycles. The van der Waals surface area contributed by atoms with E-state index in [2.05, 4.69) is 47.6 Å². The summed E-state index contributed by atoms with van der Waals surface area (Å²) in [5.41, 5.74) is 4.29. The van der Waals surface area contributed by atoms with Gasteiger partial charge in [-0.25, -0.2) is 0 Å².